The van der Waals surface area contributed by atoms with E-state index in [-0.39, 0.29) is 17.5 Å². The summed E-state index contributed by atoms with van der Waals surface area (Å²) < 4.78 is 31.3. The smallest absolute Gasteiger partial charge is 0.219 e. The number of alkyl halides is 1. The minimum absolute atomic E-state index is 0.113. The number of hydrogen-bond donors (Lipinski definition) is 0. The van der Waals surface area contributed by atoms with Crippen LogP contribution in [0.4, 0.5) is 8.78 Å². The topological polar surface area (TPSA) is 22.1 Å². The first-order valence-electron chi connectivity index (χ1n) is 4.94. The van der Waals surface area contributed by atoms with Gasteiger partial charge in [0.2, 0.25) is 5.88 Å². The molecular formula is C12H7Cl2F2NO. The Hall–Kier alpha value is -1.39. The highest BCUT2D eigenvalue weighted by molar-refractivity contribution is 6.32. The molecular weight excluding hydrogens is 283 g/mol. The number of aromatic nitrogens is 1. The van der Waals surface area contributed by atoms with Gasteiger partial charge in [-0.2, -0.15) is 0 Å². The van der Waals surface area contributed by atoms with Gasteiger partial charge in [0.1, 0.15) is 5.82 Å². The van der Waals surface area contributed by atoms with E-state index in [1.54, 1.807) is 6.07 Å². The number of hydrogen-bond acceptors (Lipinski definition) is 2. The van der Waals surface area contributed by atoms with Crippen molar-refractivity contribution >= 4 is 23.2 Å². The van der Waals surface area contributed by atoms with Crippen LogP contribution in [0, 0.1) is 11.6 Å². The average molecular weight is 290 g/mol. The van der Waals surface area contributed by atoms with Crippen LogP contribution in [-0.2, 0) is 5.88 Å². The standard InChI is InChI=1S/C12H7Cl2F2NO/c13-6-10-8(14)2-4-12(17-10)18-11-3-1-7(15)5-9(11)16/h1-5H,6H2. The molecule has 2 aromatic rings. The molecule has 0 atom stereocenters. The molecule has 94 valence electrons. The van der Waals surface area contributed by atoms with Crippen molar-refractivity contribution in [3.05, 3.63) is 52.7 Å². The van der Waals surface area contributed by atoms with E-state index in [9.17, 15) is 8.78 Å². The number of pyridine rings is 1. The molecule has 0 saturated heterocycles. The van der Waals surface area contributed by atoms with Crippen LogP contribution >= 0.6 is 23.2 Å². The minimum atomic E-state index is -0.806. The maximum Gasteiger partial charge on any atom is 0.219 e. The maximum atomic E-state index is 13.4. The van der Waals surface area contributed by atoms with Crippen molar-refractivity contribution < 1.29 is 13.5 Å². The summed E-state index contributed by atoms with van der Waals surface area (Å²) in [5, 5.41) is 0.400. The van der Waals surface area contributed by atoms with Crippen molar-refractivity contribution in [2.45, 2.75) is 5.88 Å². The molecule has 0 aliphatic heterocycles. The van der Waals surface area contributed by atoms with Crippen LogP contribution in [0.2, 0.25) is 5.02 Å². The number of benzene rings is 1. The van der Waals surface area contributed by atoms with E-state index in [0.717, 1.165) is 12.1 Å². The zero-order chi connectivity index (χ0) is 13.1. The van der Waals surface area contributed by atoms with Crippen LogP contribution in [0.5, 0.6) is 11.6 Å². The predicted octanol–water partition coefficient (Wildman–Crippen LogP) is 4.54. The highest BCUT2D eigenvalue weighted by Gasteiger charge is 2.09. The summed E-state index contributed by atoms with van der Waals surface area (Å²) in [6.07, 6.45) is 0. The highest BCUT2D eigenvalue weighted by Crippen LogP contribution is 2.26. The summed E-state index contributed by atoms with van der Waals surface area (Å²) in [4.78, 5) is 4.00. The van der Waals surface area contributed by atoms with Crippen LogP contribution in [-0.4, -0.2) is 4.98 Å². The fraction of sp³-hybridized carbons (Fsp3) is 0.0833. The first kappa shape index (κ1) is 13.1. The number of nitrogens with zero attached hydrogens (tertiary/aromatic N) is 1. The van der Waals surface area contributed by atoms with Crippen LogP contribution in [0.25, 0.3) is 0 Å². The third-order valence-electron chi connectivity index (χ3n) is 2.13. The summed E-state index contributed by atoms with van der Waals surface area (Å²) >= 11 is 11.5. The zero-order valence-corrected chi connectivity index (χ0v) is 10.5. The van der Waals surface area contributed by atoms with E-state index >= 15 is 0 Å². The molecule has 0 amide bonds. The first-order chi connectivity index (χ1) is 8.60. The Bertz CT molecular complexity index is 578. The van der Waals surface area contributed by atoms with E-state index < -0.39 is 11.6 Å². The normalized spacial score (nSPS) is 10.4. The quantitative estimate of drug-likeness (QED) is 0.774. The van der Waals surface area contributed by atoms with E-state index in [1.807, 2.05) is 0 Å². The summed E-state index contributed by atoms with van der Waals surface area (Å²) in [6.45, 7) is 0. The SMILES string of the molecule is Fc1ccc(Oc2ccc(Cl)c(CCl)n2)c(F)c1. The van der Waals surface area contributed by atoms with Crippen LogP contribution in [0.1, 0.15) is 5.69 Å². The first-order valence-corrected chi connectivity index (χ1v) is 5.85. The van der Waals surface area contributed by atoms with E-state index in [2.05, 4.69) is 4.98 Å². The Morgan fingerprint density at radius 2 is 1.94 bits per heavy atom. The van der Waals surface area contributed by atoms with Crippen molar-refractivity contribution in [2.24, 2.45) is 0 Å². The molecule has 0 aliphatic carbocycles. The van der Waals surface area contributed by atoms with Gasteiger partial charge in [-0.15, -0.1) is 11.6 Å². The van der Waals surface area contributed by atoms with Crippen LogP contribution in [0.3, 0.4) is 0 Å². The van der Waals surface area contributed by atoms with Gasteiger partial charge in [0.05, 0.1) is 16.6 Å². The summed E-state index contributed by atoms with van der Waals surface area (Å²) in [7, 11) is 0. The molecule has 0 aliphatic rings. The van der Waals surface area contributed by atoms with Crippen molar-refractivity contribution in [1.82, 2.24) is 4.98 Å². The van der Waals surface area contributed by atoms with Gasteiger partial charge in [0.25, 0.3) is 0 Å². The Labute approximate surface area is 112 Å². The minimum Gasteiger partial charge on any atom is -0.436 e. The lowest BCUT2D eigenvalue weighted by Crippen LogP contribution is -1.94. The Kier molecular flexibility index (Phi) is 3.99. The second-order valence-corrected chi connectivity index (χ2v) is 4.06. The molecule has 1 aromatic carbocycles. The molecule has 0 spiro atoms. The fourth-order valence-corrected chi connectivity index (χ4v) is 1.73. The Morgan fingerprint density at radius 1 is 1.17 bits per heavy atom. The Balaban J connectivity index is 2.28. The van der Waals surface area contributed by atoms with E-state index in [0.29, 0.717) is 10.7 Å². The van der Waals surface area contributed by atoms with Crippen molar-refractivity contribution in [3.8, 4) is 11.6 Å². The van der Waals surface area contributed by atoms with Crippen LogP contribution in [0.15, 0.2) is 30.3 Å². The summed E-state index contributed by atoms with van der Waals surface area (Å²) in [5.74, 6) is -1.35. The maximum absolute atomic E-state index is 13.4. The molecule has 18 heavy (non-hydrogen) atoms. The van der Waals surface area contributed by atoms with Crippen LogP contribution < -0.4 is 4.74 Å². The second kappa shape index (κ2) is 5.50. The largest absolute Gasteiger partial charge is 0.436 e. The average Bonchev–Trinajstić information content (AvgIpc) is 2.35. The third kappa shape index (κ3) is 2.89. The number of ether oxygens (including phenoxy) is 1. The zero-order valence-electron chi connectivity index (χ0n) is 8.96. The lowest BCUT2D eigenvalue weighted by Gasteiger charge is -2.07. The Morgan fingerprint density at radius 3 is 2.61 bits per heavy atom. The predicted molar refractivity (Wildman–Crippen MR) is 65.2 cm³/mol. The molecule has 0 radical (unpaired) electrons. The molecule has 0 unspecified atom stereocenters. The third-order valence-corrected chi connectivity index (χ3v) is 2.73. The molecule has 1 heterocycles. The second-order valence-electron chi connectivity index (χ2n) is 3.39. The lowest BCUT2D eigenvalue weighted by molar-refractivity contribution is 0.423. The van der Waals surface area contributed by atoms with Gasteiger partial charge in [-0.25, -0.2) is 13.8 Å². The highest BCUT2D eigenvalue weighted by atomic mass is 35.5. The lowest BCUT2D eigenvalue weighted by atomic mass is 10.3. The summed E-state index contributed by atoms with van der Waals surface area (Å²) in [6, 6.07) is 6.02. The van der Waals surface area contributed by atoms with Gasteiger partial charge < -0.3 is 4.74 Å². The van der Waals surface area contributed by atoms with Crippen molar-refractivity contribution in [3.63, 3.8) is 0 Å². The van der Waals surface area contributed by atoms with Crippen molar-refractivity contribution in [1.29, 1.82) is 0 Å². The van der Waals surface area contributed by atoms with Gasteiger partial charge in [0.15, 0.2) is 11.6 Å². The molecule has 6 heteroatoms. The number of rotatable bonds is 3. The van der Waals surface area contributed by atoms with Crippen molar-refractivity contribution in [2.75, 3.05) is 0 Å². The van der Waals surface area contributed by atoms with E-state index in [1.165, 1.54) is 12.1 Å². The number of halogens is 4. The van der Waals surface area contributed by atoms with Gasteiger partial charge in [0, 0.05) is 12.1 Å². The molecule has 0 N–H and O–H groups in total. The van der Waals surface area contributed by atoms with Gasteiger partial charge in [-0.05, 0) is 18.2 Å². The summed E-state index contributed by atoms with van der Waals surface area (Å²) in [5.41, 5.74) is 0.429. The molecule has 0 bridgehead atoms. The monoisotopic (exact) mass is 289 g/mol. The molecule has 1 aromatic heterocycles. The molecule has 2 rings (SSSR count). The molecule has 0 saturated carbocycles. The molecule has 2 nitrogen and oxygen atoms in total. The van der Waals surface area contributed by atoms with E-state index in [4.69, 9.17) is 27.9 Å². The molecule has 0 fully saturated rings. The van der Waals surface area contributed by atoms with Gasteiger partial charge in [-0.3, -0.25) is 0 Å². The van der Waals surface area contributed by atoms with Gasteiger partial charge in [-0.1, -0.05) is 11.6 Å². The van der Waals surface area contributed by atoms with Gasteiger partial charge >= 0.3 is 0 Å². The fourth-order valence-electron chi connectivity index (χ4n) is 1.29.